The fraction of sp³-hybridized carbons (Fsp3) is 0.588. The number of carboxylic acids is 1. The van der Waals surface area contributed by atoms with Crippen LogP contribution in [0.3, 0.4) is 0 Å². The standard InChI is InChI=1S/C17H23N3O2S2/c1-23-17-19-15(18-10-6-2-3-9-13(21)22)14-11-7-4-5-8-12(11)24-16(14)20-17/h2-10H2,1H3,(H,21,22)(H,18,19,20). The van der Waals surface area contributed by atoms with Gasteiger partial charge in [0.2, 0.25) is 0 Å². The molecular weight excluding hydrogens is 342 g/mol. The predicted molar refractivity (Wildman–Crippen MR) is 100 cm³/mol. The van der Waals surface area contributed by atoms with Crippen molar-refractivity contribution in [3.63, 3.8) is 0 Å². The third kappa shape index (κ3) is 4.00. The molecule has 0 bridgehead atoms. The van der Waals surface area contributed by atoms with E-state index in [9.17, 15) is 4.79 Å². The van der Waals surface area contributed by atoms with Gasteiger partial charge in [-0.05, 0) is 50.3 Å². The Morgan fingerprint density at radius 3 is 2.88 bits per heavy atom. The Labute approximate surface area is 150 Å². The number of nitrogens with zero attached hydrogens (tertiary/aromatic N) is 2. The number of rotatable bonds is 8. The van der Waals surface area contributed by atoms with Crippen molar-refractivity contribution in [1.82, 2.24) is 9.97 Å². The Balaban J connectivity index is 1.73. The number of thiophene rings is 1. The highest BCUT2D eigenvalue weighted by Gasteiger charge is 2.20. The number of aromatic nitrogens is 2. The number of thioether (sulfide) groups is 1. The van der Waals surface area contributed by atoms with Crippen LogP contribution in [0.15, 0.2) is 5.16 Å². The molecule has 0 unspecified atom stereocenters. The van der Waals surface area contributed by atoms with Crippen molar-refractivity contribution in [3.8, 4) is 0 Å². The summed E-state index contributed by atoms with van der Waals surface area (Å²) in [7, 11) is 0. The Morgan fingerprint density at radius 1 is 1.25 bits per heavy atom. The summed E-state index contributed by atoms with van der Waals surface area (Å²) in [5.41, 5.74) is 1.45. The maximum atomic E-state index is 10.5. The molecule has 1 aliphatic rings. The van der Waals surface area contributed by atoms with Crippen LogP contribution in [0.2, 0.25) is 0 Å². The van der Waals surface area contributed by atoms with E-state index in [0.29, 0.717) is 0 Å². The van der Waals surface area contributed by atoms with Crippen molar-refractivity contribution >= 4 is 45.1 Å². The van der Waals surface area contributed by atoms with E-state index in [1.807, 2.05) is 17.6 Å². The lowest BCUT2D eigenvalue weighted by atomic mass is 9.97. The van der Waals surface area contributed by atoms with E-state index in [1.165, 1.54) is 35.1 Å². The highest BCUT2D eigenvalue weighted by molar-refractivity contribution is 7.98. The van der Waals surface area contributed by atoms with Crippen molar-refractivity contribution < 1.29 is 9.90 Å². The second kappa shape index (κ2) is 8.16. The van der Waals surface area contributed by atoms with Crippen LogP contribution in [-0.2, 0) is 17.6 Å². The molecule has 7 heteroatoms. The topological polar surface area (TPSA) is 75.1 Å². The molecule has 0 spiro atoms. The number of hydrogen-bond donors (Lipinski definition) is 2. The van der Waals surface area contributed by atoms with Gasteiger partial charge in [0.15, 0.2) is 5.16 Å². The van der Waals surface area contributed by atoms with Gasteiger partial charge in [0.25, 0.3) is 0 Å². The first-order chi connectivity index (χ1) is 11.7. The van der Waals surface area contributed by atoms with Gasteiger partial charge in [0.1, 0.15) is 10.6 Å². The molecule has 2 N–H and O–H groups in total. The minimum Gasteiger partial charge on any atom is -0.481 e. The number of nitrogens with one attached hydrogen (secondary N) is 1. The summed E-state index contributed by atoms with van der Waals surface area (Å²) in [6.07, 6.45) is 9.69. The number of anilines is 1. The molecule has 0 saturated carbocycles. The van der Waals surface area contributed by atoms with E-state index >= 15 is 0 Å². The van der Waals surface area contributed by atoms with Crippen LogP contribution < -0.4 is 5.32 Å². The van der Waals surface area contributed by atoms with E-state index in [1.54, 1.807) is 11.8 Å². The number of hydrogen-bond acceptors (Lipinski definition) is 6. The lowest BCUT2D eigenvalue weighted by Gasteiger charge is -2.13. The zero-order valence-corrected chi connectivity index (χ0v) is 15.6. The van der Waals surface area contributed by atoms with E-state index < -0.39 is 5.97 Å². The molecule has 2 aromatic rings. The minimum absolute atomic E-state index is 0.256. The normalized spacial score (nSPS) is 13.9. The van der Waals surface area contributed by atoms with Gasteiger partial charge in [-0.2, -0.15) is 0 Å². The molecule has 0 saturated heterocycles. The number of aryl methyl sites for hydroxylation is 2. The molecule has 0 radical (unpaired) electrons. The third-order valence-corrected chi connectivity index (χ3v) is 6.07. The van der Waals surface area contributed by atoms with Gasteiger partial charge in [0, 0.05) is 17.8 Å². The molecule has 5 nitrogen and oxygen atoms in total. The molecule has 2 aromatic heterocycles. The largest absolute Gasteiger partial charge is 0.481 e. The molecule has 0 aliphatic heterocycles. The zero-order chi connectivity index (χ0) is 16.9. The Bertz CT molecular complexity index is 730. The molecule has 0 fully saturated rings. The van der Waals surface area contributed by atoms with Crippen molar-refractivity contribution in [2.24, 2.45) is 0 Å². The van der Waals surface area contributed by atoms with Crippen LogP contribution in [-0.4, -0.2) is 33.8 Å². The molecule has 24 heavy (non-hydrogen) atoms. The quantitative estimate of drug-likeness (QED) is 0.411. The summed E-state index contributed by atoms with van der Waals surface area (Å²) in [6.45, 7) is 0.824. The third-order valence-electron chi connectivity index (χ3n) is 4.34. The Morgan fingerprint density at radius 2 is 2.08 bits per heavy atom. The summed E-state index contributed by atoms with van der Waals surface area (Å²) >= 11 is 3.40. The first kappa shape index (κ1) is 17.5. The second-order valence-corrected chi connectivity index (χ2v) is 7.94. The summed E-state index contributed by atoms with van der Waals surface area (Å²) in [5.74, 6) is 0.247. The van der Waals surface area contributed by atoms with E-state index in [-0.39, 0.29) is 6.42 Å². The number of carbonyl (C=O) groups is 1. The van der Waals surface area contributed by atoms with E-state index in [0.717, 1.165) is 48.0 Å². The van der Waals surface area contributed by atoms with Gasteiger partial charge in [-0.25, -0.2) is 9.97 Å². The van der Waals surface area contributed by atoms with Crippen LogP contribution >= 0.6 is 23.1 Å². The summed E-state index contributed by atoms with van der Waals surface area (Å²) in [4.78, 5) is 22.5. The molecule has 0 aromatic carbocycles. The average molecular weight is 366 g/mol. The number of carboxylic acid groups (broad SMARTS) is 1. The smallest absolute Gasteiger partial charge is 0.303 e. The summed E-state index contributed by atoms with van der Waals surface area (Å²) in [6, 6.07) is 0. The fourth-order valence-electron chi connectivity index (χ4n) is 3.14. The fourth-order valence-corrected chi connectivity index (χ4v) is 4.83. The van der Waals surface area contributed by atoms with Crippen LogP contribution in [0.5, 0.6) is 0 Å². The summed E-state index contributed by atoms with van der Waals surface area (Å²) < 4.78 is 0. The summed E-state index contributed by atoms with van der Waals surface area (Å²) in [5, 5.41) is 14.2. The Hall–Kier alpha value is -1.34. The lowest BCUT2D eigenvalue weighted by Crippen LogP contribution is -2.07. The zero-order valence-electron chi connectivity index (χ0n) is 13.9. The van der Waals surface area contributed by atoms with Crippen LogP contribution in [0.25, 0.3) is 10.2 Å². The lowest BCUT2D eigenvalue weighted by molar-refractivity contribution is -0.137. The Kier molecular flexibility index (Phi) is 5.94. The predicted octanol–water partition coefficient (Wildman–Crippen LogP) is 4.35. The number of unbranched alkanes of at least 4 members (excludes halogenated alkanes) is 2. The average Bonchev–Trinajstić information content (AvgIpc) is 2.95. The number of fused-ring (bicyclic) bond motifs is 3. The maximum Gasteiger partial charge on any atom is 0.303 e. The molecule has 2 heterocycles. The maximum absolute atomic E-state index is 10.5. The highest BCUT2D eigenvalue weighted by Crippen LogP contribution is 2.39. The van der Waals surface area contributed by atoms with Gasteiger partial charge in [0.05, 0.1) is 5.39 Å². The van der Waals surface area contributed by atoms with Gasteiger partial charge in [-0.3, -0.25) is 4.79 Å². The van der Waals surface area contributed by atoms with Crippen LogP contribution in [0.1, 0.15) is 49.0 Å². The number of aliphatic carboxylic acids is 1. The van der Waals surface area contributed by atoms with Crippen molar-refractivity contribution in [2.75, 3.05) is 18.1 Å². The monoisotopic (exact) mass is 365 g/mol. The van der Waals surface area contributed by atoms with Crippen LogP contribution in [0.4, 0.5) is 5.82 Å². The van der Waals surface area contributed by atoms with E-state index in [4.69, 9.17) is 15.1 Å². The molecular formula is C17H23N3O2S2. The molecule has 3 rings (SSSR count). The van der Waals surface area contributed by atoms with Crippen molar-refractivity contribution in [3.05, 3.63) is 10.4 Å². The molecule has 0 atom stereocenters. The van der Waals surface area contributed by atoms with Gasteiger partial charge in [-0.1, -0.05) is 18.2 Å². The first-order valence-electron chi connectivity index (χ1n) is 8.51. The first-order valence-corrected chi connectivity index (χ1v) is 10.5. The molecule has 130 valence electrons. The van der Waals surface area contributed by atoms with Crippen molar-refractivity contribution in [1.29, 1.82) is 0 Å². The minimum atomic E-state index is -0.713. The molecule has 1 aliphatic carbocycles. The second-order valence-electron chi connectivity index (χ2n) is 6.08. The van der Waals surface area contributed by atoms with E-state index in [2.05, 4.69) is 5.32 Å². The van der Waals surface area contributed by atoms with Crippen molar-refractivity contribution in [2.45, 2.75) is 56.5 Å². The van der Waals surface area contributed by atoms with Crippen LogP contribution in [0, 0.1) is 0 Å². The van der Waals surface area contributed by atoms with Gasteiger partial charge in [-0.15, -0.1) is 11.3 Å². The molecule has 0 amide bonds. The highest BCUT2D eigenvalue weighted by atomic mass is 32.2. The SMILES string of the molecule is CSc1nc(NCCCCCC(=O)O)c2c3c(sc2n1)CCCC3. The van der Waals surface area contributed by atoms with Gasteiger partial charge < -0.3 is 10.4 Å². The van der Waals surface area contributed by atoms with Gasteiger partial charge >= 0.3 is 5.97 Å².